The number of halogens is 2. The Morgan fingerprint density at radius 3 is 2.67 bits per heavy atom. The molecule has 8 nitrogen and oxygen atoms in total. The van der Waals surface area contributed by atoms with Gasteiger partial charge in [0.1, 0.15) is 29.3 Å². The summed E-state index contributed by atoms with van der Waals surface area (Å²) in [6.45, 7) is 4.97. The number of rotatable bonds is 7. The minimum absolute atomic E-state index is 0.252. The number of hydrogen-bond acceptors (Lipinski definition) is 7. The lowest BCUT2D eigenvalue weighted by atomic mass is 10.1. The van der Waals surface area contributed by atoms with E-state index < -0.39 is 18.3 Å². The monoisotopic (exact) mass is 499 g/mol. The third-order valence-electron chi connectivity index (χ3n) is 5.13. The molecule has 0 bridgehead atoms. The second-order valence-corrected chi connectivity index (χ2v) is 9.33. The van der Waals surface area contributed by atoms with Gasteiger partial charge < -0.3 is 23.5 Å². The van der Waals surface area contributed by atoms with Gasteiger partial charge in [0.15, 0.2) is 0 Å². The molecule has 0 unspecified atom stereocenters. The fourth-order valence-electron chi connectivity index (χ4n) is 3.56. The molecule has 2 aromatic carbocycles. The van der Waals surface area contributed by atoms with Crippen molar-refractivity contribution < 1.29 is 32.2 Å². The first kappa shape index (κ1) is 25.2. The van der Waals surface area contributed by atoms with E-state index in [1.54, 1.807) is 25.2 Å². The van der Waals surface area contributed by atoms with E-state index in [9.17, 15) is 13.6 Å². The molecule has 0 fully saturated rings. The Labute approximate surface area is 206 Å². The van der Waals surface area contributed by atoms with Crippen LogP contribution in [0.15, 0.2) is 47.0 Å². The highest BCUT2D eigenvalue weighted by atomic mass is 19.3. The molecule has 2 aromatic heterocycles. The molecule has 0 spiro atoms. The SMILES string of the molecule is Cc1cc(-c2cc3cc(OCCN(C)C(=O)OC(C)(C)C)ccc3o2)c2ncc(OC(F)F)nc2c1. The molecule has 0 aliphatic carbocycles. The van der Waals surface area contributed by atoms with Gasteiger partial charge in [0.05, 0.1) is 23.8 Å². The molecule has 0 radical (unpaired) electrons. The van der Waals surface area contributed by atoms with Crippen LogP contribution in [0.5, 0.6) is 11.6 Å². The van der Waals surface area contributed by atoms with E-state index >= 15 is 0 Å². The zero-order valence-electron chi connectivity index (χ0n) is 20.7. The van der Waals surface area contributed by atoms with Gasteiger partial charge in [-0.15, -0.1) is 0 Å². The third-order valence-corrected chi connectivity index (χ3v) is 5.13. The maximum Gasteiger partial charge on any atom is 0.410 e. The van der Waals surface area contributed by atoms with Gasteiger partial charge in [-0.05, 0) is 69.7 Å². The Morgan fingerprint density at radius 2 is 1.94 bits per heavy atom. The van der Waals surface area contributed by atoms with Crippen LogP contribution in [-0.2, 0) is 4.74 Å². The molecule has 36 heavy (non-hydrogen) atoms. The van der Waals surface area contributed by atoms with E-state index in [0.717, 1.165) is 17.1 Å². The van der Waals surface area contributed by atoms with E-state index in [-0.39, 0.29) is 12.5 Å². The molecular weight excluding hydrogens is 472 g/mol. The van der Waals surface area contributed by atoms with Crippen LogP contribution in [0.4, 0.5) is 13.6 Å². The van der Waals surface area contributed by atoms with Crippen LogP contribution in [0.25, 0.3) is 33.3 Å². The highest BCUT2D eigenvalue weighted by Crippen LogP contribution is 2.34. The number of carbonyl (C=O) groups is 1. The van der Waals surface area contributed by atoms with Crippen LogP contribution in [0.1, 0.15) is 26.3 Å². The van der Waals surface area contributed by atoms with Crippen molar-refractivity contribution in [1.29, 1.82) is 0 Å². The molecule has 10 heteroatoms. The van der Waals surface area contributed by atoms with Gasteiger partial charge in [-0.2, -0.15) is 8.78 Å². The molecule has 0 aliphatic heterocycles. The lowest BCUT2D eigenvalue weighted by Crippen LogP contribution is -2.36. The summed E-state index contributed by atoms with van der Waals surface area (Å²) < 4.78 is 46.7. The number of aryl methyl sites for hydroxylation is 1. The van der Waals surface area contributed by atoms with Gasteiger partial charge in [-0.1, -0.05) is 0 Å². The lowest BCUT2D eigenvalue weighted by molar-refractivity contribution is -0.0528. The maximum absolute atomic E-state index is 12.6. The van der Waals surface area contributed by atoms with Gasteiger partial charge in [0, 0.05) is 18.0 Å². The maximum atomic E-state index is 12.6. The molecule has 0 saturated carbocycles. The van der Waals surface area contributed by atoms with E-state index in [2.05, 4.69) is 14.7 Å². The molecule has 4 aromatic rings. The molecule has 0 aliphatic rings. The summed E-state index contributed by atoms with van der Waals surface area (Å²) in [5, 5.41) is 0.809. The van der Waals surface area contributed by atoms with Crippen LogP contribution in [0, 0.1) is 6.92 Å². The van der Waals surface area contributed by atoms with Gasteiger partial charge >= 0.3 is 12.7 Å². The average Bonchev–Trinajstić information content (AvgIpc) is 3.20. The number of benzene rings is 2. The summed E-state index contributed by atoms with van der Waals surface area (Å²) >= 11 is 0. The summed E-state index contributed by atoms with van der Waals surface area (Å²) in [6, 6.07) is 10.9. The van der Waals surface area contributed by atoms with Crippen LogP contribution in [-0.4, -0.2) is 53.4 Å². The molecule has 4 rings (SSSR count). The molecule has 1 amide bonds. The fourth-order valence-corrected chi connectivity index (χ4v) is 3.56. The first-order chi connectivity index (χ1) is 17.0. The first-order valence-electron chi connectivity index (χ1n) is 11.3. The average molecular weight is 500 g/mol. The predicted octanol–water partition coefficient (Wildman–Crippen LogP) is 6.20. The number of alkyl halides is 2. The van der Waals surface area contributed by atoms with E-state index in [1.807, 2.05) is 45.9 Å². The number of aromatic nitrogens is 2. The molecule has 2 heterocycles. The zero-order chi connectivity index (χ0) is 26.0. The Hall–Kier alpha value is -3.95. The Bertz CT molecular complexity index is 1400. The first-order valence-corrected chi connectivity index (χ1v) is 11.3. The van der Waals surface area contributed by atoms with Crippen LogP contribution in [0.3, 0.4) is 0 Å². The summed E-state index contributed by atoms with van der Waals surface area (Å²) in [4.78, 5) is 22.0. The van der Waals surface area contributed by atoms with E-state index in [0.29, 0.717) is 40.2 Å². The Kier molecular flexibility index (Phi) is 6.96. The number of hydrogen-bond donors (Lipinski definition) is 0. The lowest BCUT2D eigenvalue weighted by Gasteiger charge is -2.24. The number of carbonyl (C=O) groups excluding carboxylic acids is 1. The highest BCUT2D eigenvalue weighted by molar-refractivity contribution is 5.94. The van der Waals surface area contributed by atoms with Crippen molar-refractivity contribution in [2.75, 3.05) is 20.2 Å². The summed E-state index contributed by atoms with van der Waals surface area (Å²) in [7, 11) is 1.65. The van der Waals surface area contributed by atoms with Crippen molar-refractivity contribution in [1.82, 2.24) is 14.9 Å². The number of nitrogens with zero attached hydrogens (tertiary/aromatic N) is 3. The van der Waals surface area contributed by atoms with Crippen molar-refractivity contribution in [3.8, 4) is 23.0 Å². The van der Waals surface area contributed by atoms with Crippen molar-refractivity contribution in [2.24, 2.45) is 0 Å². The normalized spacial score (nSPS) is 11.8. The Morgan fingerprint density at radius 1 is 1.17 bits per heavy atom. The largest absolute Gasteiger partial charge is 0.492 e. The molecule has 0 saturated heterocycles. The molecule has 190 valence electrons. The topological polar surface area (TPSA) is 86.9 Å². The minimum atomic E-state index is -2.98. The highest BCUT2D eigenvalue weighted by Gasteiger charge is 2.19. The van der Waals surface area contributed by atoms with Crippen molar-refractivity contribution >= 4 is 28.1 Å². The quantitative estimate of drug-likeness (QED) is 0.299. The summed E-state index contributed by atoms with van der Waals surface area (Å²) in [6.07, 6.45) is 0.748. The van der Waals surface area contributed by atoms with E-state index in [4.69, 9.17) is 13.9 Å². The third kappa shape index (κ3) is 5.99. The summed E-state index contributed by atoms with van der Waals surface area (Å²) in [5.41, 5.74) is 2.54. The second-order valence-electron chi connectivity index (χ2n) is 9.33. The van der Waals surface area contributed by atoms with Gasteiger partial charge in [-0.3, -0.25) is 0 Å². The molecule has 0 N–H and O–H groups in total. The van der Waals surface area contributed by atoms with Crippen molar-refractivity contribution in [2.45, 2.75) is 39.9 Å². The van der Waals surface area contributed by atoms with Crippen molar-refractivity contribution in [3.63, 3.8) is 0 Å². The smallest absolute Gasteiger partial charge is 0.410 e. The number of fused-ring (bicyclic) bond motifs is 2. The number of likely N-dealkylation sites (N-methyl/N-ethyl adjacent to an activating group) is 1. The minimum Gasteiger partial charge on any atom is -0.492 e. The number of amides is 1. The van der Waals surface area contributed by atoms with E-state index in [1.165, 1.54) is 4.90 Å². The number of furan rings is 1. The molecule has 0 atom stereocenters. The second kappa shape index (κ2) is 9.96. The van der Waals surface area contributed by atoms with Crippen LogP contribution in [0.2, 0.25) is 0 Å². The fraction of sp³-hybridized carbons (Fsp3) is 0.346. The summed E-state index contributed by atoms with van der Waals surface area (Å²) in [5.74, 6) is 0.921. The van der Waals surface area contributed by atoms with Crippen LogP contribution >= 0.6 is 0 Å². The Balaban J connectivity index is 1.52. The zero-order valence-corrected chi connectivity index (χ0v) is 20.7. The van der Waals surface area contributed by atoms with Crippen molar-refractivity contribution in [3.05, 3.63) is 48.2 Å². The van der Waals surface area contributed by atoms with Gasteiger partial charge in [0.25, 0.3) is 0 Å². The molecular formula is C26H27F2N3O5. The van der Waals surface area contributed by atoms with Gasteiger partial charge in [-0.25, -0.2) is 14.8 Å². The van der Waals surface area contributed by atoms with Gasteiger partial charge in [0.2, 0.25) is 5.88 Å². The number of ether oxygens (including phenoxy) is 3. The van der Waals surface area contributed by atoms with Crippen LogP contribution < -0.4 is 9.47 Å². The standard InChI is InChI=1S/C26H27F2N3O5/c1-15-10-18(23-19(11-15)30-22(14-29-23)35-24(27)28)21-13-16-12-17(6-7-20(16)34-21)33-9-8-31(5)25(32)36-26(2,3)4/h6-7,10-14,24H,8-9H2,1-5H3. The predicted molar refractivity (Wildman–Crippen MR) is 130 cm³/mol.